The van der Waals surface area contributed by atoms with E-state index >= 15 is 0 Å². The fourth-order valence-corrected chi connectivity index (χ4v) is 4.99. The SMILES string of the molecule is Cn1c[n+]([C@@H]2O[C@H](COP(=O)([O-])O)[C@@H](O)[C@H]2O)c2nc(N(Cc3ccccc3)Cc3ccccc3)[nH]c(=O)c21. The molecule has 0 radical (unpaired) electrons. The topological polar surface area (TPSA) is 177 Å². The van der Waals surface area contributed by atoms with Crippen LogP contribution in [0.15, 0.2) is 71.8 Å². The molecule has 0 amide bonds. The average molecular weight is 558 g/mol. The number of phosphoric ester groups is 1. The molecule has 0 aliphatic carbocycles. The minimum Gasteiger partial charge on any atom is -0.756 e. The number of benzene rings is 2. The lowest BCUT2D eigenvalue weighted by atomic mass is 10.1. The van der Waals surface area contributed by atoms with E-state index in [0.717, 1.165) is 11.1 Å². The van der Waals surface area contributed by atoms with Crippen LogP contribution in [0.25, 0.3) is 11.2 Å². The zero-order valence-corrected chi connectivity index (χ0v) is 21.8. The standard InChI is InChI=1S/C25H28N5O8P/c1-28-15-30(24-21(32)20(31)18(38-24)14-37-39(34,35)36)22-19(28)23(33)27-25(26-22)29(12-16-8-4-2-5-9-16)13-17-10-6-3-7-11-17/h2-11,15,18,20-21,24,31-32H,12-14H2,1H3,(H2-,26,27,33,34,35,36)/t18-,20-,21-,24-/m1/s1. The highest BCUT2D eigenvalue weighted by molar-refractivity contribution is 7.44. The highest BCUT2D eigenvalue weighted by Crippen LogP contribution is 2.34. The van der Waals surface area contributed by atoms with Gasteiger partial charge in [0, 0.05) is 13.1 Å². The quantitative estimate of drug-likeness (QED) is 0.160. The minimum atomic E-state index is -5.07. The molecule has 5 rings (SSSR count). The van der Waals surface area contributed by atoms with Gasteiger partial charge in [0.25, 0.3) is 19.3 Å². The van der Waals surface area contributed by atoms with E-state index in [4.69, 9.17) is 14.6 Å². The van der Waals surface area contributed by atoms with Crippen LogP contribution in [-0.2, 0) is 34.0 Å². The number of nitrogens with one attached hydrogen (secondary N) is 1. The molecule has 2 aromatic carbocycles. The third kappa shape index (κ3) is 5.94. The number of ether oxygens (including phenoxy) is 1. The molecule has 13 nitrogen and oxygen atoms in total. The van der Waals surface area contributed by atoms with Crippen LogP contribution in [0.2, 0.25) is 0 Å². The highest BCUT2D eigenvalue weighted by Gasteiger charge is 2.47. The van der Waals surface area contributed by atoms with Crippen molar-refractivity contribution in [3.8, 4) is 0 Å². The number of nitrogens with zero attached hydrogens (tertiary/aromatic N) is 4. The largest absolute Gasteiger partial charge is 0.756 e. The predicted octanol–water partition coefficient (Wildman–Crippen LogP) is -0.148. The van der Waals surface area contributed by atoms with Crippen molar-refractivity contribution in [3.05, 3.63) is 88.5 Å². The minimum absolute atomic E-state index is 0.178. The number of aliphatic hydroxyl groups is 2. The average Bonchev–Trinajstić information content (AvgIpc) is 3.38. The lowest BCUT2D eigenvalue weighted by Crippen LogP contribution is -2.46. The molecule has 1 aliphatic heterocycles. The third-order valence-corrected chi connectivity index (χ3v) is 6.98. The molecule has 3 heterocycles. The van der Waals surface area contributed by atoms with E-state index in [9.17, 15) is 24.5 Å². The third-order valence-electron chi connectivity index (χ3n) is 6.50. The Hall–Kier alpha value is -3.42. The van der Waals surface area contributed by atoms with Gasteiger partial charge in [-0.3, -0.25) is 18.9 Å². The van der Waals surface area contributed by atoms with Crippen LogP contribution in [0, 0.1) is 0 Å². The van der Waals surface area contributed by atoms with Gasteiger partial charge in [-0.15, -0.1) is 0 Å². The van der Waals surface area contributed by atoms with Crippen LogP contribution in [0.1, 0.15) is 17.4 Å². The number of aromatic amines is 1. The number of rotatable bonds is 9. The number of phosphoric acid groups is 1. The van der Waals surface area contributed by atoms with Crippen molar-refractivity contribution in [1.29, 1.82) is 0 Å². The number of imidazole rings is 1. The fourth-order valence-electron chi connectivity index (χ4n) is 4.65. The molecule has 1 unspecified atom stereocenters. The van der Waals surface area contributed by atoms with Gasteiger partial charge >= 0.3 is 5.65 Å². The number of aromatic nitrogens is 4. The maximum atomic E-state index is 13.3. The van der Waals surface area contributed by atoms with Gasteiger partial charge in [0.1, 0.15) is 18.3 Å². The predicted molar refractivity (Wildman–Crippen MR) is 136 cm³/mol. The normalized spacial score (nSPS) is 22.7. The molecule has 5 atom stereocenters. The first kappa shape index (κ1) is 27.2. The molecule has 39 heavy (non-hydrogen) atoms. The zero-order chi connectivity index (χ0) is 27.7. The number of aryl methyl sites for hydroxylation is 1. The second-order valence-corrected chi connectivity index (χ2v) is 10.5. The van der Waals surface area contributed by atoms with Crippen LogP contribution in [0.5, 0.6) is 0 Å². The van der Waals surface area contributed by atoms with Gasteiger partial charge in [-0.25, -0.2) is 4.57 Å². The number of fused-ring (bicyclic) bond motifs is 1. The number of aliphatic hydroxyl groups excluding tert-OH is 2. The smallest absolute Gasteiger partial charge is 0.313 e. The summed E-state index contributed by atoms with van der Waals surface area (Å²) < 4.78 is 24.0. The molecule has 4 N–H and O–H groups in total. The van der Waals surface area contributed by atoms with Crippen molar-refractivity contribution in [2.45, 2.75) is 37.6 Å². The molecule has 206 valence electrons. The van der Waals surface area contributed by atoms with Gasteiger partial charge in [-0.2, -0.15) is 0 Å². The summed E-state index contributed by atoms with van der Waals surface area (Å²) in [5.41, 5.74) is 1.94. The molecule has 0 bridgehead atoms. The van der Waals surface area contributed by atoms with E-state index in [1.165, 1.54) is 15.5 Å². The molecule has 1 aliphatic rings. The van der Waals surface area contributed by atoms with E-state index < -0.39 is 44.5 Å². The van der Waals surface area contributed by atoms with Crippen LogP contribution in [0.3, 0.4) is 0 Å². The lowest BCUT2D eigenvalue weighted by Gasteiger charge is -2.21. The van der Waals surface area contributed by atoms with E-state index in [-0.39, 0.29) is 17.1 Å². The second-order valence-electron chi connectivity index (χ2n) is 9.33. The van der Waals surface area contributed by atoms with Crippen LogP contribution in [0.4, 0.5) is 5.95 Å². The number of H-pyrrole nitrogens is 1. The van der Waals surface area contributed by atoms with Crippen molar-refractivity contribution in [2.75, 3.05) is 11.5 Å². The summed E-state index contributed by atoms with van der Waals surface area (Å²) in [5, 5.41) is 21.2. The maximum absolute atomic E-state index is 13.3. The van der Waals surface area contributed by atoms with Gasteiger partial charge in [-0.1, -0.05) is 65.6 Å². The van der Waals surface area contributed by atoms with Crippen molar-refractivity contribution >= 4 is 24.9 Å². The molecule has 4 aromatic rings. The second kappa shape index (κ2) is 11.0. The first-order chi connectivity index (χ1) is 18.6. The Morgan fingerprint density at radius 3 is 2.26 bits per heavy atom. The van der Waals surface area contributed by atoms with Gasteiger partial charge in [0.05, 0.1) is 13.7 Å². The van der Waals surface area contributed by atoms with Gasteiger partial charge in [0.2, 0.25) is 11.7 Å². The molecule has 0 spiro atoms. The lowest BCUT2D eigenvalue weighted by molar-refractivity contribution is -0.745. The zero-order valence-electron chi connectivity index (χ0n) is 20.9. The van der Waals surface area contributed by atoms with Crippen LogP contribution in [-0.4, -0.2) is 54.6 Å². The summed E-state index contributed by atoms with van der Waals surface area (Å²) in [6, 6.07) is 19.4. The van der Waals surface area contributed by atoms with Crippen molar-refractivity contribution in [2.24, 2.45) is 7.05 Å². The first-order valence-electron chi connectivity index (χ1n) is 12.1. The Morgan fingerprint density at radius 1 is 1.10 bits per heavy atom. The van der Waals surface area contributed by atoms with Gasteiger partial charge in [-0.05, 0) is 11.1 Å². The van der Waals surface area contributed by atoms with Crippen LogP contribution < -0.4 is 19.9 Å². The molecule has 0 saturated carbocycles. The van der Waals surface area contributed by atoms with Gasteiger partial charge < -0.3 is 34.2 Å². The van der Waals surface area contributed by atoms with Gasteiger partial charge in [0.15, 0.2) is 6.33 Å². The monoisotopic (exact) mass is 557 g/mol. The summed E-state index contributed by atoms with van der Waals surface area (Å²) in [7, 11) is -3.45. The fraction of sp³-hybridized carbons (Fsp3) is 0.320. The first-order valence-corrected chi connectivity index (χ1v) is 13.6. The number of anilines is 1. The molecule has 1 saturated heterocycles. The van der Waals surface area contributed by atoms with Crippen molar-refractivity contribution < 1.29 is 38.4 Å². The molecule has 1 fully saturated rings. The molecule has 2 aromatic heterocycles. The Bertz CT molecular complexity index is 1500. The Kier molecular flexibility index (Phi) is 7.65. The molecular formula is C25H28N5O8P. The van der Waals surface area contributed by atoms with Crippen molar-refractivity contribution in [3.63, 3.8) is 0 Å². The Labute approximate surface area is 222 Å². The number of hydrogen-bond acceptors (Lipinski definition) is 9. The summed E-state index contributed by atoms with van der Waals surface area (Å²) in [6.07, 6.45) is -4.03. The summed E-state index contributed by atoms with van der Waals surface area (Å²) in [5.74, 6) is 0.278. The summed E-state index contributed by atoms with van der Waals surface area (Å²) >= 11 is 0. The van der Waals surface area contributed by atoms with E-state index in [1.54, 1.807) is 7.05 Å². The Balaban J connectivity index is 1.53. The van der Waals surface area contributed by atoms with Crippen LogP contribution >= 0.6 is 7.82 Å². The molecular weight excluding hydrogens is 529 g/mol. The summed E-state index contributed by atoms with van der Waals surface area (Å²) in [4.78, 5) is 42.7. The van der Waals surface area contributed by atoms with Crippen molar-refractivity contribution in [1.82, 2.24) is 14.5 Å². The van der Waals surface area contributed by atoms with E-state index in [0.29, 0.717) is 13.1 Å². The summed E-state index contributed by atoms with van der Waals surface area (Å²) in [6.45, 7) is 0.167. The highest BCUT2D eigenvalue weighted by atomic mass is 31.2. The Morgan fingerprint density at radius 2 is 1.69 bits per heavy atom. The van der Waals surface area contributed by atoms with E-state index in [2.05, 4.69) is 9.51 Å². The maximum Gasteiger partial charge on any atom is 0.313 e. The van der Waals surface area contributed by atoms with E-state index in [1.807, 2.05) is 65.6 Å². The molecule has 14 heteroatoms. The number of hydrogen-bond donors (Lipinski definition) is 4.